The number of unbranched alkanes of at least 4 members (excludes halogenated alkanes) is 2. The van der Waals surface area contributed by atoms with Gasteiger partial charge in [-0.2, -0.15) is 0 Å². The van der Waals surface area contributed by atoms with Gasteiger partial charge in [-0.3, -0.25) is 0 Å². The van der Waals surface area contributed by atoms with Crippen LogP contribution in [0.1, 0.15) is 26.2 Å². The quantitative estimate of drug-likeness (QED) is 0.333. The first-order valence-electron chi connectivity index (χ1n) is 3.60. The first kappa shape index (κ1) is 9.21. The van der Waals surface area contributed by atoms with Crippen molar-refractivity contribution in [2.75, 3.05) is 6.61 Å². The summed E-state index contributed by atoms with van der Waals surface area (Å²) in [5.74, 6) is -0.323. The average Bonchev–Trinajstić information content (AvgIpc) is 1.98. The minimum absolute atomic E-state index is 0.323. The van der Waals surface area contributed by atoms with Crippen LogP contribution < -0.4 is 0 Å². The highest BCUT2D eigenvalue weighted by molar-refractivity contribution is 5.81. The Hall–Kier alpha value is -0.790. The van der Waals surface area contributed by atoms with Crippen LogP contribution in [0.5, 0.6) is 0 Å². The highest BCUT2D eigenvalue weighted by Gasteiger charge is 1.92. The minimum Gasteiger partial charge on any atom is -0.463 e. The Morgan fingerprint density at radius 2 is 2.30 bits per heavy atom. The second-order valence-corrected chi connectivity index (χ2v) is 2.08. The molecule has 58 valence electrons. The van der Waals surface area contributed by atoms with Gasteiger partial charge in [0, 0.05) is 6.08 Å². The second-order valence-electron chi connectivity index (χ2n) is 2.08. The molecule has 0 heterocycles. The van der Waals surface area contributed by atoms with Gasteiger partial charge in [-0.1, -0.05) is 26.3 Å². The van der Waals surface area contributed by atoms with Crippen LogP contribution in [0.3, 0.4) is 0 Å². The Labute approximate surface area is 61.9 Å². The van der Waals surface area contributed by atoms with Gasteiger partial charge in [-0.05, 0) is 6.42 Å². The van der Waals surface area contributed by atoms with Gasteiger partial charge in [-0.25, -0.2) is 4.79 Å². The average molecular weight is 142 g/mol. The molecule has 0 aliphatic rings. The number of esters is 1. The molecule has 0 aliphatic carbocycles. The third-order valence-corrected chi connectivity index (χ3v) is 1.16. The van der Waals surface area contributed by atoms with Crippen LogP contribution in [0, 0.1) is 0 Å². The van der Waals surface area contributed by atoms with E-state index in [-0.39, 0.29) is 5.97 Å². The SMILES string of the molecule is C=CC(=O)OCCCCC. The van der Waals surface area contributed by atoms with Crippen LogP contribution in [0.4, 0.5) is 0 Å². The zero-order chi connectivity index (χ0) is 7.82. The van der Waals surface area contributed by atoms with Crippen molar-refractivity contribution >= 4 is 5.97 Å². The second kappa shape index (κ2) is 6.33. The Kier molecular flexibility index (Phi) is 5.83. The number of hydrogen-bond acceptors (Lipinski definition) is 2. The van der Waals surface area contributed by atoms with Gasteiger partial charge < -0.3 is 4.74 Å². The van der Waals surface area contributed by atoms with Crippen molar-refractivity contribution in [1.29, 1.82) is 0 Å². The lowest BCUT2D eigenvalue weighted by molar-refractivity contribution is -0.137. The van der Waals surface area contributed by atoms with E-state index >= 15 is 0 Å². The molecule has 0 atom stereocenters. The van der Waals surface area contributed by atoms with E-state index < -0.39 is 0 Å². The van der Waals surface area contributed by atoms with Crippen LogP contribution in [0.15, 0.2) is 12.7 Å². The Morgan fingerprint density at radius 1 is 1.60 bits per heavy atom. The molecule has 0 aromatic rings. The molecule has 0 amide bonds. The number of carbonyl (C=O) groups excluding carboxylic acids is 1. The molecule has 0 bridgehead atoms. The highest BCUT2D eigenvalue weighted by atomic mass is 16.5. The molecule has 0 aromatic heterocycles. The van der Waals surface area contributed by atoms with Gasteiger partial charge in [0.2, 0.25) is 0 Å². The molecule has 0 radical (unpaired) electrons. The minimum atomic E-state index is -0.323. The van der Waals surface area contributed by atoms with Crippen LogP contribution in [-0.2, 0) is 9.53 Å². The van der Waals surface area contributed by atoms with E-state index in [1.165, 1.54) is 6.08 Å². The lowest BCUT2D eigenvalue weighted by atomic mass is 10.3. The molecule has 0 unspecified atom stereocenters. The normalized spacial score (nSPS) is 8.90. The van der Waals surface area contributed by atoms with E-state index in [4.69, 9.17) is 4.74 Å². The van der Waals surface area contributed by atoms with Crippen LogP contribution in [-0.4, -0.2) is 12.6 Å². The predicted molar refractivity (Wildman–Crippen MR) is 40.7 cm³/mol. The molecular formula is C8H14O2. The van der Waals surface area contributed by atoms with E-state index in [1.54, 1.807) is 0 Å². The standard InChI is InChI=1S/C8H14O2/c1-3-5-6-7-10-8(9)4-2/h4H,2-3,5-7H2,1H3. The predicted octanol–water partition coefficient (Wildman–Crippen LogP) is 1.91. The van der Waals surface area contributed by atoms with Crippen LogP contribution in [0.25, 0.3) is 0 Å². The number of ether oxygens (including phenoxy) is 1. The van der Waals surface area contributed by atoms with Gasteiger partial charge in [0.25, 0.3) is 0 Å². The molecule has 10 heavy (non-hydrogen) atoms. The summed E-state index contributed by atoms with van der Waals surface area (Å²) in [6, 6.07) is 0. The number of hydrogen-bond donors (Lipinski definition) is 0. The highest BCUT2D eigenvalue weighted by Crippen LogP contribution is 1.94. The molecule has 0 spiro atoms. The zero-order valence-corrected chi connectivity index (χ0v) is 6.43. The molecule has 0 saturated heterocycles. The maximum Gasteiger partial charge on any atom is 0.330 e. The van der Waals surface area contributed by atoms with Crippen molar-refractivity contribution in [1.82, 2.24) is 0 Å². The van der Waals surface area contributed by atoms with E-state index in [0.29, 0.717) is 6.61 Å². The molecule has 2 heteroatoms. The van der Waals surface area contributed by atoms with Crippen molar-refractivity contribution in [2.45, 2.75) is 26.2 Å². The maximum atomic E-state index is 10.4. The molecule has 0 saturated carbocycles. The Morgan fingerprint density at radius 3 is 2.80 bits per heavy atom. The molecule has 0 N–H and O–H groups in total. The Bertz CT molecular complexity index is 108. The summed E-state index contributed by atoms with van der Waals surface area (Å²) < 4.78 is 4.74. The fraction of sp³-hybridized carbons (Fsp3) is 0.625. The number of rotatable bonds is 5. The third-order valence-electron chi connectivity index (χ3n) is 1.16. The number of carbonyl (C=O) groups is 1. The first-order chi connectivity index (χ1) is 4.81. The van der Waals surface area contributed by atoms with Gasteiger partial charge in [0.1, 0.15) is 0 Å². The fourth-order valence-corrected chi connectivity index (χ4v) is 0.584. The largest absolute Gasteiger partial charge is 0.463 e. The summed E-state index contributed by atoms with van der Waals surface area (Å²) in [4.78, 5) is 10.4. The van der Waals surface area contributed by atoms with Crippen molar-refractivity contribution < 1.29 is 9.53 Å². The van der Waals surface area contributed by atoms with Gasteiger partial charge in [-0.15, -0.1) is 0 Å². The summed E-state index contributed by atoms with van der Waals surface area (Å²) >= 11 is 0. The lowest BCUT2D eigenvalue weighted by Gasteiger charge is -1.98. The van der Waals surface area contributed by atoms with E-state index in [1.807, 2.05) is 0 Å². The molecule has 0 aromatic carbocycles. The summed E-state index contributed by atoms with van der Waals surface area (Å²) in [5.41, 5.74) is 0. The lowest BCUT2D eigenvalue weighted by Crippen LogP contribution is -2.01. The van der Waals surface area contributed by atoms with Crippen LogP contribution >= 0.6 is 0 Å². The van der Waals surface area contributed by atoms with E-state index in [9.17, 15) is 4.79 Å². The first-order valence-corrected chi connectivity index (χ1v) is 3.60. The molecule has 0 rings (SSSR count). The van der Waals surface area contributed by atoms with Crippen molar-refractivity contribution in [3.8, 4) is 0 Å². The molecular weight excluding hydrogens is 128 g/mol. The van der Waals surface area contributed by atoms with E-state index in [0.717, 1.165) is 19.3 Å². The van der Waals surface area contributed by atoms with Crippen molar-refractivity contribution in [3.63, 3.8) is 0 Å². The summed E-state index contributed by atoms with van der Waals surface area (Å²) in [6.45, 7) is 5.92. The molecule has 2 nitrogen and oxygen atoms in total. The van der Waals surface area contributed by atoms with Gasteiger partial charge in [0.05, 0.1) is 6.61 Å². The smallest absolute Gasteiger partial charge is 0.330 e. The molecule has 0 fully saturated rings. The van der Waals surface area contributed by atoms with E-state index in [2.05, 4.69) is 13.5 Å². The summed E-state index contributed by atoms with van der Waals surface area (Å²) in [7, 11) is 0. The summed E-state index contributed by atoms with van der Waals surface area (Å²) in [6.07, 6.45) is 4.40. The summed E-state index contributed by atoms with van der Waals surface area (Å²) in [5, 5.41) is 0. The monoisotopic (exact) mass is 142 g/mol. The van der Waals surface area contributed by atoms with Gasteiger partial charge >= 0.3 is 5.97 Å². The van der Waals surface area contributed by atoms with Crippen molar-refractivity contribution in [2.24, 2.45) is 0 Å². The maximum absolute atomic E-state index is 10.4. The third kappa shape index (κ3) is 5.35. The Balaban J connectivity index is 3.03. The topological polar surface area (TPSA) is 26.3 Å². The zero-order valence-electron chi connectivity index (χ0n) is 6.43. The van der Waals surface area contributed by atoms with Crippen LogP contribution in [0.2, 0.25) is 0 Å². The van der Waals surface area contributed by atoms with Crippen molar-refractivity contribution in [3.05, 3.63) is 12.7 Å². The fourth-order valence-electron chi connectivity index (χ4n) is 0.584. The molecule has 0 aliphatic heterocycles. The van der Waals surface area contributed by atoms with Gasteiger partial charge in [0.15, 0.2) is 0 Å².